The van der Waals surface area contributed by atoms with E-state index in [1.807, 2.05) is 12.1 Å². The van der Waals surface area contributed by atoms with Gasteiger partial charge in [0.1, 0.15) is 11.8 Å². The number of hydrazine groups is 1. The van der Waals surface area contributed by atoms with Gasteiger partial charge in [0.15, 0.2) is 0 Å². The number of hydrogen-bond acceptors (Lipinski definition) is 3. The SMILES string of the molecule is CC(C)Cc1cccc(C(NN)c2ccco2)c1. The van der Waals surface area contributed by atoms with Gasteiger partial charge in [0, 0.05) is 0 Å². The van der Waals surface area contributed by atoms with Gasteiger partial charge in [-0.3, -0.25) is 5.84 Å². The topological polar surface area (TPSA) is 51.2 Å². The summed E-state index contributed by atoms with van der Waals surface area (Å²) in [4.78, 5) is 0. The van der Waals surface area contributed by atoms with E-state index in [0.717, 1.165) is 17.7 Å². The van der Waals surface area contributed by atoms with Crippen LogP contribution in [0.15, 0.2) is 47.1 Å². The predicted molar refractivity (Wildman–Crippen MR) is 72.9 cm³/mol. The van der Waals surface area contributed by atoms with Crippen molar-refractivity contribution in [2.75, 3.05) is 0 Å². The zero-order chi connectivity index (χ0) is 13.0. The molecule has 18 heavy (non-hydrogen) atoms. The van der Waals surface area contributed by atoms with Gasteiger partial charge in [-0.2, -0.15) is 0 Å². The molecule has 0 bridgehead atoms. The van der Waals surface area contributed by atoms with E-state index in [0.29, 0.717) is 5.92 Å². The zero-order valence-electron chi connectivity index (χ0n) is 10.9. The van der Waals surface area contributed by atoms with E-state index < -0.39 is 0 Å². The average Bonchev–Trinajstić information content (AvgIpc) is 2.83. The number of hydrogen-bond donors (Lipinski definition) is 2. The minimum atomic E-state index is -0.0906. The molecule has 0 spiro atoms. The van der Waals surface area contributed by atoms with Crippen molar-refractivity contribution >= 4 is 0 Å². The van der Waals surface area contributed by atoms with E-state index in [9.17, 15) is 0 Å². The van der Waals surface area contributed by atoms with Crippen LogP contribution in [-0.2, 0) is 6.42 Å². The Morgan fingerprint density at radius 2 is 2.06 bits per heavy atom. The molecule has 1 atom stereocenters. The minimum absolute atomic E-state index is 0.0906. The molecule has 0 saturated carbocycles. The second-order valence-corrected chi connectivity index (χ2v) is 4.96. The molecule has 2 rings (SSSR count). The van der Waals surface area contributed by atoms with Gasteiger partial charge in [0.05, 0.1) is 6.26 Å². The maximum atomic E-state index is 5.64. The van der Waals surface area contributed by atoms with E-state index in [2.05, 4.69) is 43.5 Å². The summed E-state index contributed by atoms with van der Waals surface area (Å²) in [7, 11) is 0. The van der Waals surface area contributed by atoms with Crippen LogP contribution in [0.4, 0.5) is 0 Å². The summed E-state index contributed by atoms with van der Waals surface area (Å²) < 4.78 is 5.42. The van der Waals surface area contributed by atoms with E-state index in [4.69, 9.17) is 10.3 Å². The van der Waals surface area contributed by atoms with Gasteiger partial charge < -0.3 is 4.42 Å². The molecule has 0 aliphatic rings. The smallest absolute Gasteiger partial charge is 0.126 e. The standard InChI is InChI=1S/C15H20N2O/c1-11(2)9-12-5-3-6-13(10-12)15(17-16)14-7-4-8-18-14/h3-8,10-11,15,17H,9,16H2,1-2H3. The monoisotopic (exact) mass is 244 g/mol. The first-order valence-electron chi connectivity index (χ1n) is 6.29. The maximum Gasteiger partial charge on any atom is 0.126 e. The Morgan fingerprint density at radius 3 is 2.67 bits per heavy atom. The summed E-state index contributed by atoms with van der Waals surface area (Å²) in [5.74, 6) is 7.12. The molecule has 1 aromatic carbocycles. The molecule has 3 heteroatoms. The first kappa shape index (κ1) is 12.9. The highest BCUT2D eigenvalue weighted by molar-refractivity contribution is 5.30. The van der Waals surface area contributed by atoms with Crippen LogP contribution < -0.4 is 11.3 Å². The first-order valence-corrected chi connectivity index (χ1v) is 6.29. The number of nitrogens with two attached hydrogens (primary N) is 1. The quantitative estimate of drug-likeness (QED) is 0.628. The van der Waals surface area contributed by atoms with Crippen molar-refractivity contribution in [3.05, 3.63) is 59.5 Å². The van der Waals surface area contributed by atoms with E-state index >= 15 is 0 Å². The Hall–Kier alpha value is -1.58. The summed E-state index contributed by atoms with van der Waals surface area (Å²) in [5.41, 5.74) is 5.27. The van der Waals surface area contributed by atoms with Crippen molar-refractivity contribution < 1.29 is 4.42 Å². The van der Waals surface area contributed by atoms with Gasteiger partial charge in [-0.15, -0.1) is 0 Å². The molecule has 1 heterocycles. The van der Waals surface area contributed by atoms with Crippen LogP contribution in [0, 0.1) is 5.92 Å². The van der Waals surface area contributed by atoms with Gasteiger partial charge in [-0.25, -0.2) is 5.43 Å². The van der Waals surface area contributed by atoms with Crippen molar-refractivity contribution in [3.63, 3.8) is 0 Å². The van der Waals surface area contributed by atoms with Crippen LogP contribution in [0.1, 0.15) is 36.8 Å². The summed E-state index contributed by atoms with van der Waals surface area (Å²) in [6.07, 6.45) is 2.74. The Labute approximate surface area is 108 Å². The van der Waals surface area contributed by atoms with Gasteiger partial charge in [0.25, 0.3) is 0 Å². The van der Waals surface area contributed by atoms with Crippen LogP contribution in [0.3, 0.4) is 0 Å². The molecule has 0 fully saturated rings. The molecule has 0 aliphatic heterocycles. The van der Waals surface area contributed by atoms with Crippen LogP contribution in [0.2, 0.25) is 0 Å². The third-order valence-electron chi connectivity index (χ3n) is 2.92. The summed E-state index contributed by atoms with van der Waals surface area (Å²) in [6, 6.07) is 12.2. The summed E-state index contributed by atoms with van der Waals surface area (Å²) in [6.45, 7) is 4.44. The maximum absolute atomic E-state index is 5.64. The van der Waals surface area contributed by atoms with Crippen molar-refractivity contribution in [2.45, 2.75) is 26.3 Å². The second kappa shape index (κ2) is 5.85. The predicted octanol–water partition coefficient (Wildman–Crippen LogP) is 3.03. The Bertz CT molecular complexity index is 477. The van der Waals surface area contributed by atoms with Gasteiger partial charge in [-0.05, 0) is 35.6 Å². The molecule has 1 unspecified atom stereocenters. The van der Waals surface area contributed by atoms with Gasteiger partial charge >= 0.3 is 0 Å². The van der Waals surface area contributed by atoms with Crippen LogP contribution in [-0.4, -0.2) is 0 Å². The largest absolute Gasteiger partial charge is 0.467 e. The lowest BCUT2D eigenvalue weighted by Gasteiger charge is -2.15. The first-order chi connectivity index (χ1) is 8.70. The van der Waals surface area contributed by atoms with Gasteiger partial charge in [0.2, 0.25) is 0 Å². The fraction of sp³-hybridized carbons (Fsp3) is 0.333. The molecule has 2 aromatic rings. The highest BCUT2D eigenvalue weighted by Crippen LogP contribution is 2.23. The molecular formula is C15H20N2O. The second-order valence-electron chi connectivity index (χ2n) is 4.96. The van der Waals surface area contributed by atoms with E-state index in [1.165, 1.54) is 5.56 Å². The highest BCUT2D eigenvalue weighted by atomic mass is 16.3. The average molecular weight is 244 g/mol. The van der Waals surface area contributed by atoms with E-state index in [1.54, 1.807) is 6.26 Å². The Morgan fingerprint density at radius 1 is 1.22 bits per heavy atom. The molecular weight excluding hydrogens is 224 g/mol. The molecule has 1 aromatic heterocycles. The van der Waals surface area contributed by atoms with Crippen LogP contribution >= 0.6 is 0 Å². The third-order valence-corrected chi connectivity index (χ3v) is 2.92. The number of rotatable bonds is 5. The lowest BCUT2D eigenvalue weighted by molar-refractivity contribution is 0.452. The number of nitrogens with one attached hydrogen (secondary N) is 1. The van der Waals surface area contributed by atoms with Crippen molar-refractivity contribution in [1.29, 1.82) is 0 Å². The lowest BCUT2D eigenvalue weighted by Crippen LogP contribution is -2.28. The molecule has 0 amide bonds. The summed E-state index contributed by atoms with van der Waals surface area (Å²) >= 11 is 0. The van der Waals surface area contributed by atoms with Crippen molar-refractivity contribution in [2.24, 2.45) is 11.8 Å². The number of furan rings is 1. The molecule has 3 N–H and O–H groups in total. The lowest BCUT2D eigenvalue weighted by atomic mass is 9.97. The van der Waals surface area contributed by atoms with E-state index in [-0.39, 0.29) is 6.04 Å². The molecule has 0 radical (unpaired) electrons. The fourth-order valence-electron chi connectivity index (χ4n) is 2.17. The Kier molecular flexibility index (Phi) is 4.18. The third kappa shape index (κ3) is 3.00. The van der Waals surface area contributed by atoms with Crippen LogP contribution in [0.5, 0.6) is 0 Å². The molecule has 0 aliphatic carbocycles. The van der Waals surface area contributed by atoms with Crippen molar-refractivity contribution in [1.82, 2.24) is 5.43 Å². The minimum Gasteiger partial charge on any atom is -0.467 e. The van der Waals surface area contributed by atoms with Gasteiger partial charge in [-0.1, -0.05) is 38.1 Å². The molecule has 0 saturated heterocycles. The Balaban J connectivity index is 2.26. The van der Waals surface area contributed by atoms with Crippen LogP contribution in [0.25, 0.3) is 0 Å². The number of benzene rings is 1. The van der Waals surface area contributed by atoms with Crippen molar-refractivity contribution in [3.8, 4) is 0 Å². The molecule has 3 nitrogen and oxygen atoms in total. The fourth-order valence-corrected chi connectivity index (χ4v) is 2.17. The summed E-state index contributed by atoms with van der Waals surface area (Å²) in [5, 5.41) is 0. The normalized spacial score (nSPS) is 12.9. The molecule has 96 valence electrons. The highest BCUT2D eigenvalue weighted by Gasteiger charge is 2.15. The zero-order valence-corrected chi connectivity index (χ0v) is 10.9.